The summed E-state index contributed by atoms with van der Waals surface area (Å²) in [6.07, 6.45) is 8.73. The molecule has 1 aromatic rings. The molecule has 1 saturated carbocycles. The minimum atomic E-state index is 0.246. The summed E-state index contributed by atoms with van der Waals surface area (Å²) in [5.74, 6) is 0. The van der Waals surface area contributed by atoms with Crippen LogP contribution < -0.4 is 5.73 Å². The maximum atomic E-state index is 6.45. The minimum absolute atomic E-state index is 0.246. The van der Waals surface area contributed by atoms with E-state index in [0.717, 1.165) is 18.0 Å². The number of nitrogens with two attached hydrogens (primary N) is 1. The Labute approximate surface area is 108 Å². The smallest absolute Gasteiger partial charge is 0.0443 e. The Morgan fingerprint density at radius 3 is 2.53 bits per heavy atom. The van der Waals surface area contributed by atoms with Crippen molar-refractivity contribution in [1.29, 1.82) is 0 Å². The van der Waals surface area contributed by atoms with Gasteiger partial charge >= 0.3 is 0 Å². The van der Waals surface area contributed by atoms with Gasteiger partial charge < -0.3 is 5.73 Å². The zero-order chi connectivity index (χ0) is 11.9. The van der Waals surface area contributed by atoms with Crippen molar-refractivity contribution in [2.75, 3.05) is 6.54 Å². The summed E-state index contributed by atoms with van der Waals surface area (Å²) in [7, 11) is 0. The Balaban J connectivity index is 2.04. The Hall–Kier alpha value is -0.530. The lowest BCUT2D eigenvalue weighted by atomic mass is 9.64. The standard InChI is InChI=1S/C15H20ClN/c16-14-9-12(15(10-17)6-3-7-15)8-11-4-1-2-5-13(11)14/h8-9H,1-7,10,17H2. The average Bonchev–Trinajstić information content (AvgIpc) is 2.28. The lowest BCUT2D eigenvalue weighted by Gasteiger charge is -2.42. The highest BCUT2D eigenvalue weighted by molar-refractivity contribution is 6.31. The number of hydrogen-bond acceptors (Lipinski definition) is 1. The van der Waals surface area contributed by atoms with Gasteiger partial charge in [-0.15, -0.1) is 0 Å². The molecule has 0 saturated heterocycles. The van der Waals surface area contributed by atoms with Crippen molar-refractivity contribution in [3.8, 4) is 0 Å². The van der Waals surface area contributed by atoms with Crippen molar-refractivity contribution < 1.29 is 0 Å². The summed E-state index contributed by atoms with van der Waals surface area (Å²) in [6.45, 7) is 0.766. The molecule has 17 heavy (non-hydrogen) atoms. The molecule has 0 amide bonds. The number of aryl methyl sites for hydroxylation is 1. The van der Waals surface area contributed by atoms with Gasteiger partial charge in [-0.2, -0.15) is 0 Å². The second-order valence-electron chi connectivity index (χ2n) is 5.64. The van der Waals surface area contributed by atoms with Crippen LogP contribution in [0.15, 0.2) is 12.1 Å². The third kappa shape index (κ3) is 1.80. The van der Waals surface area contributed by atoms with Crippen molar-refractivity contribution >= 4 is 11.6 Å². The largest absolute Gasteiger partial charge is 0.330 e. The molecular weight excluding hydrogens is 230 g/mol. The molecule has 0 unspecified atom stereocenters. The molecule has 2 heteroatoms. The molecule has 2 aliphatic rings. The molecular formula is C15H20ClN. The predicted octanol–water partition coefficient (Wildman–Crippen LogP) is 3.60. The molecule has 0 spiro atoms. The fourth-order valence-electron chi connectivity index (χ4n) is 3.33. The van der Waals surface area contributed by atoms with Crippen LogP contribution >= 0.6 is 11.6 Å². The van der Waals surface area contributed by atoms with E-state index in [2.05, 4.69) is 12.1 Å². The number of fused-ring (bicyclic) bond motifs is 1. The highest BCUT2D eigenvalue weighted by Gasteiger charge is 2.38. The van der Waals surface area contributed by atoms with Gasteiger partial charge in [0.2, 0.25) is 0 Å². The average molecular weight is 250 g/mol. The van der Waals surface area contributed by atoms with Crippen LogP contribution in [0.1, 0.15) is 48.8 Å². The summed E-state index contributed by atoms with van der Waals surface area (Å²) >= 11 is 6.45. The van der Waals surface area contributed by atoms with E-state index in [0.29, 0.717) is 0 Å². The van der Waals surface area contributed by atoms with E-state index < -0.39 is 0 Å². The number of rotatable bonds is 2. The monoisotopic (exact) mass is 249 g/mol. The molecule has 2 N–H and O–H groups in total. The van der Waals surface area contributed by atoms with Gasteiger partial charge in [0, 0.05) is 17.0 Å². The molecule has 0 bridgehead atoms. The SMILES string of the molecule is NCC1(c2cc(Cl)c3c(c2)CCCC3)CCC1. The van der Waals surface area contributed by atoms with Crippen LogP contribution in [0.2, 0.25) is 5.02 Å². The normalized spacial score (nSPS) is 21.8. The molecule has 2 aliphatic carbocycles. The molecule has 1 aromatic carbocycles. The summed E-state index contributed by atoms with van der Waals surface area (Å²) in [5.41, 5.74) is 10.5. The van der Waals surface area contributed by atoms with Crippen LogP contribution in [0.4, 0.5) is 0 Å². The maximum Gasteiger partial charge on any atom is 0.0443 e. The molecule has 92 valence electrons. The van der Waals surface area contributed by atoms with Crippen LogP contribution in [0.5, 0.6) is 0 Å². The van der Waals surface area contributed by atoms with Crippen LogP contribution in [0.25, 0.3) is 0 Å². The Morgan fingerprint density at radius 2 is 1.88 bits per heavy atom. The first-order valence-corrected chi connectivity index (χ1v) is 7.15. The molecule has 3 rings (SSSR count). The fourth-order valence-corrected chi connectivity index (χ4v) is 3.67. The van der Waals surface area contributed by atoms with Crippen LogP contribution in [0.3, 0.4) is 0 Å². The van der Waals surface area contributed by atoms with E-state index >= 15 is 0 Å². The van der Waals surface area contributed by atoms with E-state index in [4.69, 9.17) is 17.3 Å². The minimum Gasteiger partial charge on any atom is -0.330 e. The lowest BCUT2D eigenvalue weighted by Crippen LogP contribution is -2.41. The zero-order valence-corrected chi connectivity index (χ0v) is 11.0. The lowest BCUT2D eigenvalue weighted by molar-refractivity contribution is 0.253. The van der Waals surface area contributed by atoms with Crippen LogP contribution in [-0.4, -0.2) is 6.54 Å². The maximum absolute atomic E-state index is 6.45. The third-order valence-corrected chi connectivity index (χ3v) is 5.06. The summed E-state index contributed by atoms with van der Waals surface area (Å²) < 4.78 is 0. The number of halogens is 1. The third-order valence-electron chi connectivity index (χ3n) is 4.72. The van der Waals surface area contributed by atoms with Crippen LogP contribution in [-0.2, 0) is 18.3 Å². The molecule has 0 aromatic heterocycles. The number of hydrogen-bond donors (Lipinski definition) is 1. The van der Waals surface area contributed by atoms with E-state index in [9.17, 15) is 0 Å². The van der Waals surface area contributed by atoms with Gasteiger partial charge in [0.25, 0.3) is 0 Å². The molecule has 0 atom stereocenters. The van der Waals surface area contributed by atoms with Crippen molar-refractivity contribution in [2.24, 2.45) is 5.73 Å². The van der Waals surface area contributed by atoms with Gasteiger partial charge in [0.1, 0.15) is 0 Å². The Morgan fingerprint density at radius 1 is 1.12 bits per heavy atom. The van der Waals surface area contributed by atoms with Gasteiger partial charge in [-0.1, -0.05) is 24.1 Å². The van der Waals surface area contributed by atoms with Crippen molar-refractivity contribution in [3.63, 3.8) is 0 Å². The van der Waals surface area contributed by atoms with Crippen LogP contribution in [0, 0.1) is 0 Å². The Bertz CT molecular complexity index is 429. The Kier molecular flexibility index (Phi) is 2.92. The zero-order valence-electron chi connectivity index (χ0n) is 10.3. The highest BCUT2D eigenvalue weighted by Crippen LogP contribution is 2.45. The first-order chi connectivity index (χ1) is 8.25. The summed E-state index contributed by atoms with van der Waals surface area (Å²) in [6, 6.07) is 4.59. The second-order valence-corrected chi connectivity index (χ2v) is 6.05. The van der Waals surface area contributed by atoms with Gasteiger partial charge in [-0.05, 0) is 61.3 Å². The van der Waals surface area contributed by atoms with Crippen molar-refractivity contribution in [3.05, 3.63) is 33.8 Å². The van der Waals surface area contributed by atoms with Crippen molar-refractivity contribution in [2.45, 2.75) is 50.4 Å². The van der Waals surface area contributed by atoms with E-state index in [1.165, 1.54) is 55.2 Å². The molecule has 1 fully saturated rings. The van der Waals surface area contributed by atoms with Crippen molar-refractivity contribution in [1.82, 2.24) is 0 Å². The van der Waals surface area contributed by atoms with E-state index in [1.54, 1.807) is 0 Å². The summed E-state index contributed by atoms with van der Waals surface area (Å²) in [4.78, 5) is 0. The first-order valence-electron chi connectivity index (χ1n) is 6.77. The summed E-state index contributed by atoms with van der Waals surface area (Å²) in [5, 5.41) is 0.983. The molecule has 0 heterocycles. The fraction of sp³-hybridized carbons (Fsp3) is 0.600. The van der Waals surface area contributed by atoms with Gasteiger partial charge in [-0.3, -0.25) is 0 Å². The quantitative estimate of drug-likeness (QED) is 0.852. The molecule has 1 nitrogen and oxygen atoms in total. The van der Waals surface area contributed by atoms with E-state index in [1.807, 2.05) is 0 Å². The molecule has 0 radical (unpaired) electrons. The number of benzene rings is 1. The van der Waals surface area contributed by atoms with E-state index in [-0.39, 0.29) is 5.41 Å². The predicted molar refractivity (Wildman–Crippen MR) is 72.7 cm³/mol. The van der Waals surface area contributed by atoms with Gasteiger partial charge in [0.15, 0.2) is 0 Å². The first kappa shape index (κ1) is 11.6. The van der Waals surface area contributed by atoms with Gasteiger partial charge in [0.05, 0.1) is 0 Å². The second kappa shape index (κ2) is 4.29. The topological polar surface area (TPSA) is 26.0 Å². The highest BCUT2D eigenvalue weighted by atomic mass is 35.5. The van der Waals surface area contributed by atoms with Gasteiger partial charge in [-0.25, -0.2) is 0 Å². The molecule has 0 aliphatic heterocycles.